The Morgan fingerprint density at radius 3 is 2.81 bits per heavy atom. The van der Waals surface area contributed by atoms with Gasteiger partial charge in [0.1, 0.15) is 18.2 Å². The third-order valence-corrected chi connectivity index (χ3v) is 4.21. The van der Waals surface area contributed by atoms with Gasteiger partial charge in [0.25, 0.3) is 5.91 Å². The topological polar surface area (TPSA) is 132 Å². The van der Waals surface area contributed by atoms with Crippen LogP contribution in [0.15, 0.2) is 24.3 Å². The number of rotatable bonds is 6. The number of amides is 3. The number of primary amides is 2. The summed E-state index contributed by atoms with van der Waals surface area (Å²) in [6.07, 6.45) is 2.10. The van der Waals surface area contributed by atoms with Crippen LogP contribution in [-0.2, 0) is 4.74 Å². The van der Waals surface area contributed by atoms with Gasteiger partial charge < -0.3 is 25.9 Å². The highest BCUT2D eigenvalue weighted by molar-refractivity contribution is 6.03. The molecule has 1 aliphatic heterocycles. The molecule has 0 bridgehead atoms. The summed E-state index contributed by atoms with van der Waals surface area (Å²) in [5.41, 5.74) is 13.1. The van der Waals surface area contributed by atoms with Crippen LogP contribution in [0.2, 0.25) is 0 Å². The lowest BCUT2D eigenvalue weighted by atomic mass is 10.1. The predicted octanol–water partition coefficient (Wildman–Crippen LogP) is 2.14. The lowest BCUT2D eigenvalue weighted by molar-refractivity contribution is 0.0681. The van der Waals surface area contributed by atoms with Gasteiger partial charge >= 0.3 is 6.03 Å². The van der Waals surface area contributed by atoms with Gasteiger partial charge in [0.05, 0.1) is 17.4 Å². The average Bonchev–Trinajstić information content (AvgIpc) is 3.22. The zero-order chi connectivity index (χ0) is 18.7. The Morgan fingerprint density at radius 2 is 2.15 bits per heavy atom. The van der Waals surface area contributed by atoms with Crippen molar-refractivity contribution < 1.29 is 19.1 Å². The van der Waals surface area contributed by atoms with Gasteiger partial charge in [-0.3, -0.25) is 10.1 Å². The van der Waals surface area contributed by atoms with Crippen molar-refractivity contribution in [3.05, 3.63) is 35.4 Å². The molecule has 26 heavy (non-hydrogen) atoms. The van der Waals surface area contributed by atoms with Crippen LogP contribution in [-0.4, -0.2) is 36.2 Å². The van der Waals surface area contributed by atoms with Gasteiger partial charge in [-0.1, -0.05) is 11.6 Å². The maximum absolute atomic E-state index is 11.7. The maximum Gasteiger partial charge on any atom is 0.317 e. The highest BCUT2D eigenvalue weighted by Crippen LogP contribution is 2.33. The number of urea groups is 1. The Morgan fingerprint density at radius 1 is 1.35 bits per heavy atom. The SMILES string of the molecule is Cc1ccc(OCC2CCCO2)c(-c2cc(C(N)=O)c(NC(N)=O)[nH]2)c1. The van der Waals surface area contributed by atoms with Crippen LogP contribution in [0.4, 0.5) is 10.6 Å². The molecular formula is C18H22N4O4. The van der Waals surface area contributed by atoms with Crippen LogP contribution in [0.1, 0.15) is 28.8 Å². The fraction of sp³-hybridized carbons (Fsp3) is 0.333. The summed E-state index contributed by atoms with van der Waals surface area (Å²) in [5, 5.41) is 2.38. The lowest BCUT2D eigenvalue weighted by Crippen LogP contribution is -2.22. The van der Waals surface area contributed by atoms with Crippen LogP contribution in [0.25, 0.3) is 11.3 Å². The number of nitrogens with one attached hydrogen (secondary N) is 2. The summed E-state index contributed by atoms with van der Waals surface area (Å²) < 4.78 is 11.5. The quantitative estimate of drug-likeness (QED) is 0.629. The number of H-pyrrole nitrogens is 1. The summed E-state index contributed by atoms with van der Waals surface area (Å²) in [5.74, 6) is 0.131. The van der Waals surface area contributed by atoms with E-state index < -0.39 is 11.9 Å². The Kier molecular flexibility index (Phi) is 5.13. The van der Waals surface area contributed by atoms with Crippen molar-refractivity contribution >= 4 is 17.8 Å². The molecule has 0 aliphatic carbocycles. The summed E-state index contributed by atoms with van der Waals surface area (Å²) in [4.78, 5) is 25.8. The van der Waals surface area contributed by atoms with E-state index in [9.17, 15) is 9.59 Å². The molecule has 0 saturated carbocycles. The molecule has 3 amide bonds. The number of carbonyl (C=O) groups excluding carboxylic acids is 2. The molecule has 2 aromatic rings. The molecule has 138 valence electrons. The third kappa shape index (κ3) is 3.97. The van der Waals surface area contributed by atoms with Crippen LogP contribution in [0.3, 0.4) is 0 Å². The van der Waals surface area contributed by atoms with Crippen LogP contribution in [0.5, 0.6) is 5.75 Å². The van der Waals surface area contributed by atoms with E-state index in [0.29, 0.717) is 18.1 Å². The first-order valence-electron chi connectivity index (χ1n) is 8.38. The first-order valence-corrected chi connectivity index (χ1v) is 8.38. The summed E-state index contributed by atoms with van der Waals surface area (Å²) in [6.45, 7) is 3.16. The van der Waals surface area contributed by atoms with Crippen LogP contribution in [0, 0.1) is 6.92 Å². The van der Waals surface area contributed by atoms with Crippen molar-refractivity contribution in [2.45, 2.75) is 25.9 Å². The number of hydrogen-bond acceptors (Lipinski definition) is 4. The van der Waals surface area contributed by atoms with Gasteiger partial charge in [-0.25, -0.2) is 4.79 Å². The number of aromatic nitrogens is 1. The normalized spacial score (nSPS) is 16.4. The average molecular weight is 358 g/mol. The Balaban J connectivity index is 1.93. The molecule has 1 aromatic heterocycles. The van der Waals surface area contributed by atoms with Crippen molar-refractivity contribution in [1.82, 2.24) is 4.98 Å². The number of carbonyl (C=O) groups is 2. The fourth-order valence-electron chi connectivity index (χ4n) is 2.95. The molecule has 3 rings (SSSR count). The molecule has 1 aliphatic rings. The minimum absolute atomic E-state index is 0.0843. The molecule has 8 nitrogen and oxygen atoms in total. The first-order chi connectivity index (χ1) is 12.4. The second-order valence-corrected chi connectivity index (χ2v) is 6.27. The minimum Gasteiger partial charge on any atom is -0.490 e. The molecule has 1 atom stereocenters. The number of aromatic amines is 1. The highest BCUT2D eigenvalue weighted by Gasteiger charge is 2.20. The molecule has 2 heterocycles. The van der Waals surface area contributed by atoms with E-state index in [1.807, 2.05) is 25.1 Å². The summed E-state index contributed by atoms with van der Waals surface area (Å²) in [7, 11) is 0. The largest absolute Gasteiger partial charge is 0.490 e. The zero-order valence-corrected chi connectivity index (χ0v) is 14.5. The van der Waals surface area contributed by atoms with E-state index in [-0.39, 0.29) is 17.5 Å². The number of aryl methyl sites for hydroxylation is 1. The number of nitrogens with two attached hydrogens (primary N) is 2. The van der Waals surface area contributed by atoms with E-state index in [1.165, 1.54) is 0 Å². The molecule has 1 fully saturated rings. The van der Waals surface area contributed by atoms with Crippen LogP contribution >= 0.6 is 0 Å². The van der Waals surface area contributed by atoms with E-state index in [1.54, 1.807) is 6.07 Å². The molecule has 1 aromatic carbocycles. The van der Waals surface area contributed by atoms with E-state index in [0.717, 1.165) is 30.6 Å². The van der Waals surface area contributed by atoms with Crippen molar-refractivity contribution in [2.75, 3.05) is 18.5 Å². The predicted molar refractivity (Wildman–Crippen MR) is 97.2 cm³/mol. The molecule has 8 heteroatoms. The van der Waals surface area contributed by atoms with Crippen molar-refractivity contribution in [3.8, 4) is 17.0 Å². The van der Waals surface area contributed by atoms with Gasteiger partial charge in [-0.2, -0.15) is 0 Å². The van der Waals surface area contributed by atoms with Crippen molar-refractivity contribution in [2.24, 2.45) is 11.5 Å². The molecular weight excluding hydrogens is 336 g/mol. The summed E-state index contributed by atoms with van der Waals surface area (Å²) >= 11 is 0. The molecule has 0 radical (unpaired) electrons. The molecule has 1 saturated heterocycles. The van der Waals surface area contributed by atoms with Crippen molar-refractivity contribution in [1.29, 1.82) is 0 Å². The fourth-order valence-corrected chi connectivity index (χ4v) is 2.95. The smallest absolute Gasteiger partial charge is 0.317 e. The van der Waals surface area contributed by atoms with Gasteiger partial charge in [0, 0.05) is 12.2 Å². The summed E-state index contributed by atoms with van der Waals surface area (Å²) in [6, 6.07) is 6.51. The van der Waals surface area contributed by atoms with E-state index in [2.05, 4.69) is 10.3 Å². The third-order valence-electron chi connectivity index (χ3n) is 4.21. The molecule has 0 spiro atoms. The Labute approximate surface area is 150 Å². The zero-order valence-electron chi connectivity index (χ0n) is 14.5. The minimum atomic E-state index is -0.792. The Hall–Kier alpha value is -3.00. The van der Waals surface area contributed by atoms with E-state index >= 15 is 0 Å². The standard InChI is InChI=1S/C18H22N4O4/c1-10-4-5-15(26-9-11-3-2-6-25-11)12(7-10)14-8-13(16(19)23)17(21-14)22-18(20)24/h4-5,7-8,11,21H,2-3,6,9H2,1H3,(H2,19,23)(H3,20,22,24). The molecule has 6 N–H and O–H groups in total. The number of ether oxygens (including phenoxy) is 2. The highest BCUT2D eigenvalue weighted by atomic mass is 16.5. The number of benzene rings is 1. The molecule has 1 unspecified atom stereocenters. The van der Waals surface area contributed by atoms with Gasteiger partial charge in [-0.05, 0) is 38.0 Å². The van der Waals surface area contributed by atoms with Gasteiger partial charge in [0.15, 0.2) is 0 Å². The van der Waals surface area contributed by atoms with Crippen molar-refractivity contribution in [3.63, 3.8) is 0 Å². The number of hydrogen-bond donors (Lipinski definition) is 4. The van der Waals surface area contributed by atoms with Gasteiger partial charge in [0.2, 0.25) is 0 Å². The maximum atomic E-state index is 11.7. The van der Waals surface area contributed by atoms with E-state index in [4.69, 9.17) is 20.9 Å². The van der Waals surface area contributed by atoms with Gasteiger partial charge in [-0.15, -0.1) is 0 Å². The second-order valence-electron chi connectivity index (χ2n) is 6.27. The second kappa shape index (κ2) is 7.49. The number of anilines is 1. The Bertz CT molecular complexity index is 825. The monoisotopic (exact) mass is 358 g/mol. The van der Waals surface area contributed by atoms with Crippen LogP contribution < -0.4 is 21.5 Å². The first kappa shape index (κ1) is 17.8. The lowest BCUT2D eigenvalue weighted by Gasteiger charge is -2.15.